The maximum absolute atomic E-state index is 5.47. The molecule has 0 saturated heterocycles. The van der Waals surface area contributed by atoms with Crippen molar-refractivity contribution in [2.24, 2.45) is 7.05 Å². The van der Waals surface area contributed by atoms with E-state index in [1.54, 1.807) is 44.4 Å². The summed E-state index contributed by atoms with van der Waals surface area (Å²) in [5, 5.41) is 12.7. The Kier molecular flexibility index (Phi) is 6.66. The number of rotatable bonds is 8. The van der Waals surface area contributed by atoms with Gasteiger partial charge in [-0.15, -0.1) is 21.5 Å². The Morgan fingerprint density at radius 3 is 2.38 bits per heavy atom. The summed E-state index contributed by atoms with van der Waals surface area (Å²) in [6, 6.07) is 12.0. The lowest BCUT2D eigenvalue weighted by Gasteiger charge is -2.13. The third-order valence-corrected chi connectivity index (χ3v) is 7.01. The molecule has 0 amide bonds. The van der Waals surface area contributed by atoms with Gasteiger partial charge in [-0.1, -0.05) is 36.0 Å². The average molecular weight is 469 g/mol. The van der Waals surface area contributed by atoms with Gasteiger partial charge in [0, 0.05) is 29.3 Å². The fourth-order valence-electron chi connectivity index (χ4n) is 3.35. The molecule has 2 heterocycles. The first-order chi connectivity index (χ1) is 15.5. The van der Waals surface area contributed by atoms with Gasteiger partial charge >= 0.3 is 0 Å². The molecule has 4 rings (SSSR count). The minimum absolute atomic E-state index is 0.545. The number of hydrogen-bond donors (Lipinski definition) is 0. The molecular formula is C23H24N4O3S2. The Bertz CT molecular complexity index is 1210. The highest BCUT2D eigenvalue weighted by atomic mass is 32.2. The molecule has 0 aliphatic carbocycles. The second-order valence-corrected chi connectivity index (χ2v) is 8.83. The molecule has 4 aromatic rings. The molecule has 0 unspecified atom stereocenters. The molecule has 0 radical (unpaired) electrons. The first-order valence-electron chi connectivity index (χ1n) is 9.88. The Morgan fingerprint density at radius 1 is 1.00 bits per heavy atom. The van der Waals surface area contributed by atoms with E-state index in [1.807, 2.05) is 35.9 Å². The van der Waals surface area contributed by atoms with Crippen molar-refractivity contribution in [1.82, 2.24) is 19.7 Å². The minimum Gasteiger partial charge on any atom is -0.493 e. The van der Waals surface area contributed by atoms with Crippen LogP contribution in [-0.4, -0.2) is 41.1 Å². The lowest BCUT2D eigenvalue weighted by Crippen LogP contribution is -1.99. The summed E-state index contributed by atoms with van der Waals surface area (Å²) in [7, 11) is 6.72. The number of nitrogens with zero attached hydrogens (tertiary/aromatic N) is 4. The summed E-state index contributed by atoms with van der Waals surface area (Å²) < 4.78 is 18.3. The van der Waals surface area contributed by atoms with Crippen molar-refractivity contribution in [1.29, 1.82) is 0 Å². The molecule has 2 aromatic heterocycles. The topological polar surface area (TPSA) is 71.3 Å². The predicted octanol–water partition coefficient (Wildman–Crippen LogP) is 5.23. The van der Waals surface area contributed by atoms with E-state index in [2.05, 4.69) is 34.6 Å². The van der Waals surface area contributed by atoms with Crippen molar-refractivity contribution in [2.75, 3.05) is 21.3 Å². The highest BCUT2D eigenvalue weighted by molar-refractivity contribution is 7.98. The molecule has 0 spiro atoms. The molecule has 0 bridgehead atoms. The maximum Gasteiger partial charge on any atom is 0.203 e. The van der Waals surface area contributed by atoms with Crippen LogP contribution in [0.1, 0.15) is 11.3 Å². The molecule has 2 aromatic carbocycles. The van der Waals surface area contributed by atoms with Gasteiger partial charge in [0.1, 0.15) is 5.01 Å². The summed E-state index contributed by atoms with van der Waals surface area (Å²) in [4.78, 5) is 4.81. The predicted molar refractivity (Wildman–Crippen MR) is 128 cm³/mol. The van der Waals surface area contributed by atoms with Crippen LogP contribution in [0.15, 0.2) is 46.9 Å². The van der Waals surface area contributed by atoms with Gasteiger partial charge in [0.25, 0.3) is 0 Å². The maximum atomic E-state index is 5.47. The lowest BCUT2D eigenvalue weighted by atomic mass is 10.1. The number of methoxy groups -OCH3 is 3. The first-order valence-corrected chi connectivity index (χ1v) is 11.7. The smallest absolute Gasteiger partial charge is 0.203 e. The Hall–Kier alpha value is -3.04. The van der Waals surface area contributed by atoms with Crippen LogP contribution in [0.3, 0.4) is 0 Å². The van der Waals surface area contributed by atoms with E-state index in [4.69, 9.17) is 19.2 Å². The quantitative estimate of drug-likeness (QED) is 0.328. The molecule has 0 aliphatic heterocycles. The number of hydrogen-bond acceptors (Lipinski definition) is 8. The van der Waals surface area contributed by atoms with E-state index in [-0.39, 0.29) is 0 Å². The zero-order chi connectivity index (χ0) is 22.7. The molecule has 0 aliphatic rings. The van der Waals surface area contributed by atoms with Crippen molar-refractivity contribution >= 4 is 23.1 Å². The van der Waals surface area contributed by atoms with Gasteiger partial charge in [-0.05, 0) is 24.6 Å². The monoisotopic (exact) mass is 468 g/mol. The number of aromatic nitrogens is 4. The molecule has 0 fully saturated rings. The molecule has 0 saturated carbocycles. The molecule has 0 N–H and O–H groups in total. The lowest BCUT2D eigenvalue weighted by molar-refractivity contribution is 0.324. The Labute approximate surface area is 195 Å². The Morgan fingerprint density at radius 2 is 1.72 bits per heavy atom. The van der Waals surface area contributed by atoms with Crippen LogP contribution in [0.4, 0.5) is 0 Å². The van der Waals surface area contributed by atoms with Crippen molar-refractivity contribution < 1.29 is 14.2 Å². The van der Waals surface area contributed by atoms with Gasteiger partial charge in [-0.2, -0.15) is 0 Å². The summed E-state index contributed by atoms with van der Waals surface area (Å²) in [6.45, 7) is 2.11. The zero-order valence-corrected chi connectivity index (χ0v) is 20.2. The molecule has 166 valence electrons. The molecule has 9 heteroatoms. The van der Waals surface area contributed by atoms with Gasteiger partial charge in [-0.3, -0.25) is 0 Å². The minimum atomic E-state index is 0.545. The van der Waals surface area contributed by atoms with Gasteiger partial charge in [0.15, 0.2) is 22.5 Å². The third kappa shape index (κ3) is 4.31. The molecular weight excluding hydrogens is 444 g/mol. The van der Waals surface area contributed by atoms with Crippen LogP contribution in [0.25, 0.3) is 22.0 Å². The largest absolute Gasteiger partial charge is 0.493 e. The number of thioether (sulfide) groups is 1. The van der Waals surface area contributed by atoms with Crippen molar-refractivity contribution in [3.63, 3.8) is 0 Å². The fraction of sp³-hybridized carbons (Fsp3) is 0.261. The third-order valence-electron chi connectivity index (χ3n) is 5.03. The summed E-state index contributed by atoms with van der Waals surface area (Å²) in [5.74, 6) is 3.12. The highest BCUT2D eigenvalue weighted by Gasteiger charge is 2.18. The van der Waals surface area contributed by atoms with Crippen LogP contribution in [0.2, 0.25) is 0 Å². The summed E-state index contributed by atoms with van der Waals surface area (Å²) >= 11 is 3.27. The molecule has 7 nitrogen and oxygen atoms in total. The van der Waals surface area contributed by atoms with Gasteiger partial charge in [-0.25, -0.2) is 4.98 Å². The number of benzene rings is 2. The number of thiazole rings is 1. The summed E-state index contributed by atoms with van der Waals surface area (Å²) in [6.07, 6.45) is 0. The molecule has 32 heavy (non-hydrogen) atoms. The standard InChI is InChI=1S/C23H24N4O3S2/c1-14-8-6-7-9-17(14)22-24-16(12-31-22)13-32-23-26-25-21(27(23)2)15-10-18(28-3)20(30-5)19(11-15)29-4/h6-12H,13H2,1-5H3. The van der Waals surface area contributed by atoms with Crippen LogP contribution in [0.5, 0.6) is 17.2 Å². The van der Waals surface area contributed by atoms with Crippen LogP contribution >= 0.6 is 23.1 Å². The number of ether oxygens (including phenoxy) is 3. The van der Waals surface area contributed by atoms with Crippen LogP contribution in [-0.2, 0) is 12.8 Å². The van der Waals surface area contributed by atoms with Gasteiger partial charge < -0.3 is 18.8 Å². The highest BCUT2D eigenvalue weighted by Crippen LogP contribution is 2.41. The van der Waals surface area contributed by atoms with E-state index >= 15 is 0 Å². The Balaban J connectivity index is 1.54. The van der Waals surface area contributed by atoms with E-state index in [9.17, 15) is 0 Å². The zero-order valence-electron chi connectivity index (χ0n) is 18.6. The van der Waals surface area contributed by atoms with Crippen molar-refractivity contribution in [3.05, 3.63) is 53.0 Å². The number of aryl methyl sites for hydroxylation is 1. The van der Waals surface area contributed by atoms with Gasteiger partial charge in [0.05, 0.1) is 27.0 Å². The summed E-state index contributed by atoms with van der Waals surface area (Å²) in [5.41, 5.74) is 4.26. The fourth-order valence-corrected chi connectivity index (χ4v) is 5.17. The second-order valence-electron chi connectivity index (χ2n) is 7.03. The van der Waals surface area contributed by atoms with Gasteiger partial charge in [0.2, 0.25) is 5.75 Å². The van der Waals surface area contributed by atoms with E-state index in [0.717, 1.165) is 21.4 Å². The average Bonchev–Trinajstić information content (AvgIpc) is 3.43. The van der Waals surface area contributed by atoms with Crippen molar-refractivity contribution in [3.8, 4) is 39.2 Å². The van der Waals surface area contributed by atoms with E-state index in [0.29, 0.717) is 28.8 Å². The van der Waals surface area contributed by atoms with Crippen LogP contribution in [0, 0.1) is 6.92 Å². The van der Waals surface area contributed by atoms with Crippen molar-refractivity contribution in [2.45, 2.75) is 17.8 Å². The normalized spacial score (nSPS) is 10.9. The van der Waals surface area contributed by atoms with E-state index < -0.39 is 0 Å². The SMILES string of the molecule is COc1cc(-c2nnc(SCc3csc(-c4ccccc4C)n3)n2C)cc(OC)c1OC. The molecule has 0 atom stereocenters. The second kappa shape index (κ2) is 9.62. The first kappa shape index (κ1) is 22.2. The van der Waals surface area contributed by atoms with Crippen LogP contribution < -0.4 is 14.2 Å². The van der Waals surface area contributed by atoms with E-state index in [1.165, 1.54) is 11.1 Å².